The van der Waals surface area contributed by atoms with Gasteiger partial charge in [0.25, 0.3) is 0 Å². The van der Waals surface area contributed by atoms with Gasteiger partial charge in [-0.25, -0.2) is 4.39 Å². The van der Waals surface area contributed by atoms with Crippen LogP contribution in [-0.2, 0) is 9.59 Å². The van der Waals surface area contributed by atoms with E-state index in [2.05, 4.69) is 5.32 Å². The molecule has 1 heterocycles. The van der Waals surface area contributed by atoms with Crippen molar-refractivity contribution in [3.8, 4) is 5.75 Å². The number of halogens is 1. The third-order valence-electron chi connectivity index (χ3n) is 3.37. The number of ether oxygens (including phenoxy) is 1. The Kier molecular flexibility index (Phi) is 3.85. The molecular formula is C16H12FNO3S. The van der Waals surface area contributed by atoms with E-state index in [9.17, 15) is 14.0 Å². The van der Waals surface area contributed by atoms with E-state index in [1.807, 2.05) is 0 Å². The van der Waals surface area contributed by atoms with E-state index in [1.54, 1.807) is 24.3 Å². The van der Waals surface area contributed by atoms with Gasteiger partial charge in [0.2, 0.25) is 11.0 Å². The van der Waals surface area contributed by atoms with E-state index in [0.29, 0.717) is 16.2 Å². The number of hydrogen-bond donors (Lipinski definition) is 1. The Labute approximate surface area is 130 Å². The lowest BCUT2D eigenvalue weighted by molar-refractivity contribution is -0.123. The number of carbonyl (C=O) groups excluding carboxylic acids is 2. The van der Waals surface area contributed by atoms with Gasteiger partial charge in [-0.2, -0.15) is 0 Å². The molecule has 0 aromatic heterocycles. The summed E-state index contributed by atoms with van der Waals surface area (Å²) in [5.41, 5.74) is 0.678. The smallest absolute Gasteiger partial charge is 0.240 e. The number of amides is 1. The van der Waals surface area contributed by atoms with Gasteiger partial charge in [-0.1, -0.05) is 30.0 Å². The van der Waals surface area contributed by atoms with Crippen LogP contribution in [0, 0.1) is 5.82 Å². The van der Waals surface area contributed by atoms with E-state index in [-0.39, 0.29) is 10.8 Å². The van der Waals surface area contributed by atoms with E-state index < -0.39 is 17.6 Å². The lowest BCUT2D eigenvalue weighted by atomic mass is 9.99. The molecule has 1 aliphatic rings. The number of fused-ring (bicyclic) bond motifs is 1. The maximum atomic E-state index is 13.6. The predicted octanol–water partition coefficient (Wildman–Crippen LogP) is 3.19. The molecule has 0 saturated carbocycles. The summed E-state index contributed by atoms with van der Waals surface area (Å²) in [6, 6.07) is 11.0. The van der Waals surface area contributed by atoms with Crippen LogP contribution >= 0.6 is 11.8 Å². The maximum Gasteiger partial charge on any atom is 0.240 e. The van der Waals surface area contributed by atoms with Crippen molar-refractivity contribution in [2.45, 2.75) is 10.8 Å². The molecule has 1 atom stereocenters. The molecule has 2 aromatic rings. The first kappa shape index (κ1) is 14.6. The average molecular weight is 317 g/mol. The minimum absolute atomic E-state index is 0.0623. The number of anilines is 1. The first-order valence-corrected chi connectivity index (χ1v) is 7.37. The molecule has 112 valence electrons. The molecule has 1 aliphatic heterocycles. The van der Waals surface area contributed by atoms with Gasteiger partial charge in [0, 0.05) is 4.90 Å². The Bertz CT molecular complexity index is 763. The third kappa shape index (κ3) is 2.57. The quantitative estimate of drug-likeness (QED) is 0.883. The van der Waals surface area contributed by atoms with E-state index in [1.165, 1.54) is 25.3 Å². The van der Waals surface area contributed by atoms with Crippen LogP contribution in [0.2, 0.25) is 0 Å². The van der Waals surface area contributed by atoms with E-state index >= 15 is 0 Å². The molecule has 4 nitrogen and oxygen atoms in total. The predicted molar refractivity (Wildman–Crippen MR) is 81.6 cm³/mol. The van der Waals surface area contributed by atoms with Gasteiger partial charge >= 0.3 is 0 Å². The summed E-state index contributed by atoms with van der Waals surface area (Å²) in [5.74, 6) is -1.39. The lowest BCUT2D eigenvalue weighted by Crippen LogP contribution is -2.24. The number of para-hydroxylation sites is 1. The van der Waals surface area contributed by atoms with Crippen molar-refractivity contribution in [2.24, 2.45) is 0 Å². The zero-order chi connectivity index (χ0) is 15.7. The highest BCUT2D eigenvalue weighted by Crippen LogP contribution is 2.43. The molecule has 0 aliphatic carbocycles. The number of hydrogen-bond acceptors (Lipinski definition) is 4. The van der Waals surface area contributed by atoms with Gasteiger partial charge in [0.15, 0.2) is 0 Å². The summed E-state index contributed by atoms with van der Waals surface area (Å²) in [5, 5.41) is 2.19. The summed E-state index contributed by atoms with van der Waals surface area (Å²) in [6.45, 7) is 0. The molecule has 2 aromatic carbocycles. The summed E-state index contributed by atoms with van der Waals surface area (Å²) < 4.78 is 18.7. The highest BCUT2D eigenvalue weighted by molar-refractivity contribution is 8.14. The fourth-order valence-electron chi connectivity index (χ4n) is 2.28. The Morgan fingerprint density at radius 1 is 1.27 bits per heavy atom. The molecule has 0 spiro atoms. The van der Waals surface area contributed by atoms with Crippen molar-refractivity contribution in [1.29, 1.82) is 0 Å². The zero-order valence-electron chi connectivity index (χ0n) is 11.6. The van der Waals surface area contributed by atoms with Crippen molar-refractivity contribution in [3.63, 3.8) is 0 Å². The molecule has 1 amide bonds. The second-order valence-electron chi connectivity index (χ2n) is 4.73. The minimum atomic E-state index is -0.939. The number of carbonyl (C=O) groups is 2. The zero-order valence-corrected chi connectivity index (χ0v) is 12.4. The van der Waals surface area contributed by atoms with Crippen molar-refractivity contribution in [3.05, 3.63) is 53.8 Å². The van der Waals surface area contributed by atoms with Crippen molar-refractivity contribution in [1.82, 2.24) is 0 Å². The van der Waals surface area contributed by atoms with Crippen molar-refractivity contribution >= 4 is 28.5 Å². The van der Waals surface area contributed by atoms with Crippen LogP contribution in [0.4, 0.5) is 10.1 Å². The number of methoxy groups -OCH3 is 1. The third-order valence-corrected chi connectivity index (χ3v) is 4.38. The molecule has 22 heavy (non-hydrogen) atoms. The number of thioether (sulfide) groups is 1. The average Bonchev–Trinajstić information content (AvgIpc) is 2.84. The molecule has 3 rings (SSSR count). The van der Waals surface area contributed by atoms with Crippen LogP contribution in [0.15, 0.2) is 47.4 Å². The normalized spacial score (nSPS) is 16.3. The van der Waals surface area contributed by atoms with Crippen molar-refractivity contribution in [2.75, 3.05) is 12.4 Å². The van der Waals surface area contributed by atoms with Gasteiger partial charge < -0.3 is 10.1 Å². The second-order valence-corrected chi connectivity index (χ2v) is 5.77. The summed E-state index contributed by atoms with van der Waals surface area (Å²) in [4.78, 5) is 25.2. The minimum Gasteiger partial charge on any atom is -0.497 e. The highest BCUT2D eigenvalue weighted by atomic mass is 32.2. The van der Waals surface area contributed by atoms with Gasteiger partial charge in [-0.05, 0) is 29.8 Å². The van der Waals surface area contributed by atoms with Crippen LogP contribution in [0.25, 0.3) is 0 Å². The standard InChI is InChI=1S/C16H12FNO3S/c1-21-9-6-7-10-13(8-9)22-16(20)14(10)15(19)18-12-5-3-2-4-11(12)17/h2-8,14H,1H3,(H,18,19). The van der Waals surface area contributed by atoms with Crippen LogP contribution in [-0.4, -0.2) is 18.1 Å². The van der Waals surface area contributed by atoms with Gasteiger partial charge in [-0.15, -0.1) is 0 Å². The van der Waals surface area contributed by atoms with Gasteiger partial charge in [-0.3, -0.25) is 9.59 Å². The van der Waals surface area contributed by atoms with Crippen LogP contribution < -0.4 is 10.1 Å². The molecule has 1 unspecified atom stereocenters. The van der Waals surface area contributed by atoms with Crippen LogP contribution in [0.5, 0.6) is 5.75 Å². The van der Waals surface area contributed by atoms with E-state index in [4.69, 9.17) is 4.74 Å². The Morgan fingerprint density at radius 2 is 2.05 bits per heavy atom. The molecule has 0 radical (unpaired) electrons. The summed E-state index contributed by atoms with van der Waals surface area (Å²) in [7, 11) is 1.53. The first-order chi connectivity index (χ1) is 10.6. The number of nitrogens with one attached hydrogen (secondary N) is 1. The molecule has 0 bridgehead atoms. The van der Waals surface area contributed by atoms with E-state index in [0.717, 1.165) is 11.8 Å². The summed E-state index contributed by atoms with van der Waals surface area (Å²) >= 11 is 0.998. The molecule has 0 saturated heterocycles. The summed E-state index contributed by atoms with van der Waals surface area (Å²) in [6.07, 6.45) is 0. The molecular weight excluding hydrogens is 305 g/mol. The van der Waals surface area contributed by atoms with Crippen molar-refractivity contribution < 1.29 is 18.7 Å². The van der Waals surface area contributed by atoms with Gasteiger partial charge in [0.05, 0.1) is 12.8 Å². The second kappa shape index (κ2) is 5.81. The lowest BCUT2D eigenvalue weighted by Gasteiger charge is -2.11. The van der Waals surface area contributed by atoms with Crippen LogP contribution in [0.3, 0.4) is 0 Å². The molecule has 1 N–H and O–H groups in total. The van der Waals surface area contributed by atoms with Crippen LogP contribution in [0.1, 0.15) is 11.5 Å². The first-order valence-electron chi connectivity index (χ1n) is 6.55. The SMILES string of the molecule is COc1ccc2c(c1)SC(=O)C2C(=O)Nc1ccccc1F. The highest BCUT2D eigenvalue weighted by Gasteiger charge is 2.37. The Hall–Kier alpha value is -2.34. The van der Waals surface area contributed by atoms with Gasteiger partial charge in [0.1, 0.15) is 17.5 Å². The monoisotopic (exact) mass is 317 g/mol. The Balaban J connectivity index is 1.88. The fourth-order valence-corrected chi connectivity index (χ4v) is 3.33. The number of rotatable bonds is 3. The topological polar surface area (TPSA) is 55.4 Å². The number of benzene rings is 2. The maximum absolute atomic E-state index is 13.6. The molecule has 6 heteroatoms. The largest absolute Gasteiger partial charge is 0.497 e. The Morgan fingerprint density at radius 3 is 2.77 bits per heavy atom. The molecule has 0 fully saturated rings. The fraction of sp³-hybridized carbons (Fsp3) is 0.125.